The molecule has 22 heavy (non-hydrogen) atoms. The van der Waals surface area contributed by atoms with Gasteiger partial charge in [0.15, 0.2) is 6.20 Å². The number of nitrogens with two attached hydrogens (primary N) is 2. The van der Waals surface area contributed by atoms with Crippen LogP contribution in [0.15, 0.2) is 72.9 Å². The maximum atomic E-state index is 6.29. The smallest absolute Gasteiger partial charge is 0.221 e. The molecular formula is C19H16N3+. The topological polar surface area (TPSA) is 55.9 Å². The van der Waals surface area contributed by atoms with Crippen LogP contribution in [0.3, 0.4) is 0 Å². The number of benzene rings is 3. The quantitative estimate of drug-likeness (QED) is 0.320. The lowest BCUT2D eigenvalue weighted by Gasteiger charge is -2.09. The molecule has 0 aliphatic rings. The zero-order valence-electron chi connectivity index (χ0n) is 12.0. The summed E-state index contributed by atoms with van der Waals surface area (Å²) in [6, 6.07) is 22.4. The van der Waals surface area contributed by atoms with Crippen LogP contribution in [0.4, 0.5) is 11.4 Å². The van der Waals surface area contributed by atoms with Crippen molar-refractivity contribution in [2.24, 2.45) is 0 Å². The molecule has 0 fully saturated rings. The summed E-state index contributed by atoms with van der Waals surface area (Å²) in [5.74, 6) is 0. The minimum absolute atomic E-state index is 0.614. The number of pyridine rings is 1. The highest BCUT2D eigenvalue weighted by Gasteiger charge is 2.18. The maximum Gasteiger partial charge on any atom is 0.221 e. The molecule has 1 heterocycles. The first-order valence-corrected chi connectivity index (χ1v) is 7.22. The number of aromatic nitrogens is 1. The van der Waals surface area contributed by atoms with E-state index < -0.39 is 0 Å². The zero-order chi connectivity index (χ0) is 15.1. The van der Waals surface area contributed by atoms with Gasteiger partial charge in [0.1, 0.15) is 0 Å². The van der Waals surface area contributed by atoms with Crippen molar-refractivity contribution >= 4 is 33.1 Å². The molecule has 4 aromatic rings. The molecule has 4 N–H and O–H groups in total. The van der Waals surface area contributed by atoms with E-state index in [0.717, 1.165) is 27.4 Å². The highest BCUT2D eigenvalue weighted by Crippen LogP contribution is 2.31. The van der Waals surface area contributed by atoms with E-state index in [-0.39, 0.29) is 0 Å². The van der Waals surface area contributed by atoms with Crippen molar-refractivity contribution in [1.82, 2.24) is 0 Å². The van der Waals surface area contributed by atoms with Crippen LogP contribution in [0, 0.1) is 0 Å². The Kier molecular flexibility index (Phi) is 2.73. The maximum absolute atomic E-state index is 6.29. The molecule has 3 aromatic carbocycles. The monoisotopic (exact) mass is 286 g/mol. The first kappa shape index (κ1) is 12.7. The number of nitrogen functional groups attached to an aromatic ring is 2. The third-order valence-corrected chi connectivity index (χ3v) is 4.05. The van der Waals surface area contributed by atoms with Crippen LogP contribution in [-0.2, 0) is 0 Å². The number of nitrogens with zero attached hydrogens (tertiary/aromatic N) is 1. The van der Waals surface area contributed by atoms with Gasteiger partial charge in [0.25, 0.3) is 0 Å². The Labute approximate surface area is 128 Å². The van der Waals surface area contributed by atoms with Crippen molar-refractivity contribution in [1.29, 1.82) is 0 Å². The van der Waals surface area contributed by atoms with Gasteiger partial charge in [-0.3, -0.25) is 0 Å². The Bertz CT molecular complexity index is 992. The van der Waals surface area contributed by atoms with Crippen LogP contribution < -0.4 is 16.0 Å². The predicted molar refractivity (Wildman–Crippen MR) is 91.8 cm³/mol. The van der Waals surface area contributed by atoms with Crippen molar-refractivity contribution < 1.29 is 4.57 Å². The first-order valence-electron chi connectivity index (χ1n) is 7.22. The van der Waals surface area contributed by atoms with E-state index in [1.54, 1.807) is 0 Å². The summed E-state index contributed by atoms with van der Waals surface area (Å²) in [5, 5.41) is 3.26. The van der Waals surface area contributed by atoms with E-state index in [9.17, 15) is 0 Å². The number of anilines is 2. The molecule has 0 atom stereocenters. The summed E-state index contributed by atoms with van der Waals surface area (Å²) in [6.07, 6.45) is 2.14. The molecule has 3 heteroatoms. The van der Waals surface area contributed by atoms with Gasteiger partial charge in [-0.05, 0) is 12.1 Å². The Morgan fingerprint density at radius 1 is 0.727 bits per heavy atom. The third-order valence-electron chi connectivity index (χ3n) is 4.05. The Morgan fingerprint density at radius 2 is 1.45 bits per heavy atom. The van der Waals surface area contributed by atoms with Crippen molar-refractivity contribution in [3.63, 3.8) is 0 Å². The standard InChI is InChI=1S/C19H15N3/c20-16-10-11-17-18(19(16)21)15-9-5-4-6-13(15)12-22(17)14-7-2-1-3-8-14/h1-12,21H,20H2/p+1. The zero-order valence-corrected chi connectivity index (χ0v) is 12.0. The SMILES string of the molecule is Nc1ccc2c(c1N)c1ccccc1c[n+]2-c1ccccc1. The van der Waals surface area contributed by atoms with Gasteiger partial charge in [0.2, 0.25) is 11.2 Å². The van der Waals surface area contributed by atoms with E-state index in [0.29, 0.717) is 11.4 Å². The van der Waals surface area contributed by atoms with Crippen molar-refractivity contribution in [3.05, 3.63) is 72.9 Å². The van der Waals surface area contributed by atoms with Gasteiger partial charge in [0, 0.05) is 29.0 Å². The van der Waals surface area contributed by atoms with Crippen LogP contribution in [0.25, 0.3) is 27.4 Å². The molecule has 0 amide bonds. The molecule has 0 radical (unpaired) electrons. The minimum atomic E-state index is 0.614. The Hall–Kier alpha value is -3.07. The molecule has 0 unspecified atom stereocenters. The van der Waals surface area contributed by atoms with Crippen molar-refractivity contribution in [3.8, 4) is 5.69 Å². The average Bonchev–Trinajstić information content (AvgIpc) is 2.58. The number of hydrogen-bond acceptors (Lipinski definition) is 2. The van der Waals surface area contributed by atoms with E-state index in [2.05, 4.69) is 35.0 Å². The first-order chi connectivity index (χ1) is 10.8. The molecule has 1 aromatic heterocycles. The average molecular weight is 286 g/mol. The van der Waals surface area contributed by atoms with Crippen LogP contribution >= 0.6 is 0 Å². The molecule has 0 bridgehead atoms. The van der Waals surface area contributed by atoms with Gasteiger partial charge in [-0.1, -0.05) is 36.4 Å². The van der Waals surface area contributed by atoms with Crippen LogP contribution in [0.2, 0.25) is 0 Å². The lowest BCUT2D eigenvalue weighted by Crippen LogP contribution is -2.31. The van der Waals surface area contributed by atoms with Crippen LogP contribution in [-0.4, -0.2) is 0 Å². The third kappa shape index (κ3) is 1.79. The fourth-order valence-electron chi connectivity index (χ4n) is 2.96. The van der Waals surface area contributed by atoms with E-state index in [4.69, 9.17) is 11.5 Å². The summed E-state index contributed by atoms with van der Waals surface area (Å²) in [4.78, 5) is 0. The normalized spacial score (nSPS) is 11.1. The van der Waals surface area contributed by atoms with Gasteiger partial charge in [-0.25, -0.2) is 0 Å². The van der Waals surface area contributed by atoms with Crippen molar-refractivity contribution in [2.45, 2.75) is 0 Å². The molecule has 0 aliphatic heterocycles. The lowest BCUT2D eigenvalue weighted by molar-refractivity contribution is -0.565. The van der Waals surface area contributed by atoms with Crippen LogP contribution in [0.1, 0.15) is 0 Å². The molecule has 0 aliphatic carbocycles. The van der Waals surface area contributed by atoms with Gasteiger partial charge < -0.3 is 11.5 Å². The Balaban J connectivity index is 2.24. The molecule has 0 spiro atoms. The summed E-state index contributed by atoms with van der Waals surface area (Å²) >= 11 is 0. The number of hydrogen-bond donors (Lipinski definition) is 2. The fraction of sp³-hybridized carbons (Fsp3) is 0. The molecule has 4 rings (SSSR count). The molecule has 3 nitrogen and oxygen atoms in total. The van der Waals surface area contributed by atoms with E-state index >= 15 is 0 Å². The molecule has 106 valence electrons. The number of rotatable bonds is 1. The second-order valence-corrected chi connectivity index (χ2v) is 5.38. The van der Waals surface area contributed by atoms with Crippen molar-refractivity contribution in [2.75, 3.05) is 11.5 Å². The largest absolute Gasteiger partial charge is 0.397 e. The highest BCUT2D eigenvalue weighted by molar-refractivity contribution is 6.12. The van der Waals surface area contributed by atoms with Crippen LogP contribution in [0.5, 0.6) is 0 Å². The van der Waals surface area contributed by atoms with Gasteiger partial charge in [-0.2, -0.15) is 4.57 Å². The highest BCUT2D eigenvalue weighted by atomic mass is 15.0. The van der Waals surface area contributed by atoms with E-state index in [1.807, 2.05) is 42.5 Å². The van der Waals surface area contributed by atoms with Gasteiger partial charge in [0.05, 0.1) is 16.8 Å². The summed E-state index contributed by atoms with van der Waals surface area (Å²) in [5.41, 5.74) is 15.7. The summed E-state index contributed by atoms with van der Waals surface area (Å²) < 4.78 is 2.16. The number of fused-ring (bicyclic) bond motifs is 3. The number of para-hydroxylation sites is 1. The summed E-state index contributed by atoms with van der Waals surface area (Å²) in [7, 11) is 0. The minimum Gasteiger partial charge on any atom is -0.397 e. The second kappa shape index (κ2) is 4.74. The molecule has 0 saturated heterocycles. The Morgan fingerprint density at radius 3 is 2.27 bits per heavy atom. The predicted octanol–water partition coefficient (Wildman–Crippen LogP) is 3.43. The summed E-state index contributed by atoms with van der Waals surface area (Å²) in [6.45, 7) is 0. The lowest BCUT2D eigenvalue weighted by atomic mass is 10.0. The van der Waals surface area contributed by atoms with Gasteiger partial charge in [-0.15, -0.1) is 0 Å². The second-order valence-electron chi connectivity index (χ2n) is 5.38. The molecular weight excluding hydrogens is 270 g/mol. The van der Waals surface area contributed by atoms with E-state index in [1.165, 1.54) is 0 Å². The van der Waals surface area contributed by atoms with Gasteiger partial charge >= 0.3 is 0 Å². The molecule has 0 saturated carbocycles. The fourth-order valence-corrected chi connectivity index (χ4v) is 2.96.